The molecule has 0 aromatic heterocycles. The maximum Gasteiger partial charge on any atom is 0.410 e. The quantitative estimate of drug-likeness (QED) is 0.807. The number of aliphatic hydroxyl groups is 1. The molecule has 0 radical (unpaired) electrons. The van der Waals surface area contributed by atoms with Crippen molar-refractivity contribution >= 4 is 12.1 Å². The van der Waals surface area contributed by atoms with E-state index < -0.39 is 11.2 Å². The van der Waals surface area contributed by atoms with E-state index >= 15 is 0 Å². The number of rotatable bonds is 2. The van der Waals surface area contributed by atoms with Gasteiger partial charge in [-0.1, -0.05) is 0 Å². The van der Waals surface area contributed by atoms with E-state index in [4.69, 9.17) is 4.74 Å². The Morgan fingerprint density at radius 1 is 1.27 bits per heavy atom. The van der Waals surface area contributed by atoms with Crippen molar-refractivity contribution in [3.63, 3.8) is 0 Å². The number of nitrogens with zero attached hydrogens (tertiary/aromatic N) is 2. The summed E-state index contributed by atoms with van der Waals surface area (Å²) in [7, 11) is 3.30. The monoisotopic (exact) mass is 315 g/mol. The van der Waals surface area contributed by atoms with Crippen LogP contribution in [0.15, 0.2) is 0 Å². The van der Waals surface area contributed by atoms with Crippen LogP contribution in [-0.2, 0) is 4.74 Å². The average Bonchev–Trinajstić information content (AvgIpc) is 2.37. The molecule has 7 heteroatoms. The van der Waals surface area contributed by atoms with Crippen molar-refractivity contribution in [1.82, 2.24) is 15.1 Å². The topological polar surface area (TPSA) is 82.1 Å². The van der Waals surface area contributed by atoms with Gasteiger partial charge in [-0.15, -0.1) is 0 Å². The number of piperidine rings is 1. The van der Waals surface area contributed by atoms with E-state index in [-0.39, 0.29) is 18.2 Å². The van der Waals surface area contributed by atoms with Crippen LogP contribution in [0.3, 0.4) is 0 Å². The Morgan fingerprint density at radius 2 is 1.77 bits per heavy atom. The van der Waals surface area contributed by atoms with E-state index in [9.17, 15) is 14.7 Å². The fourth-order valence-electron chi connectivity index (χ4n) is 2.28. The fourth-order valence-corrected chi connectivity index (χ4v) is 2.28. The standard InChI is InChI=1S/C15H29N3O4/c1-11(16-12(19)17(5)6)15(21)7-9-18(10-8-15)13(20)22-14(2,3)4/h11,21H,7-10H2,1-6H3,(H,16,19). The molecule has 128 valence electrons. The third-order valence-electron chi connectivity index (χ3n) is 3.83. The lowest BCUT2D eigenvalue weighted by Gasteiger charge is -2.42. The highest BCUT2D eigenvalue weighted by Gasteiger charge is 2.40. The number of urea groups is 1. The molecule has 1 rings (SSSR count). The Morgan fingerprint density at radius 3 is 2.18 bits per heavy atom. The van der Waals surface area contributed by atoms with Crippen LogP contribution >= 0.6 is 0 Å². The van der Waals surface area contributed by atoms with Gasteiger partial charge < -0.3 is 25.0 Å². The predicted octanol–water partition coefficient (Wildman–Crippen LogP) is 1.41. The zero-order chi connectivity index (χ0) is 17.1. The van der Waals surface area contributed by atoms with E-state index in [2.05, 4.69) is 5.32 Å². The molecule has 1 saturated heterocycles. The van der Waals surface area contributed by atoms with Crippen LogP contribution in [0.4, 0.5) is 9.59 Å². The zero-order valence-corrected chi connectivity index (χ0v) is 14.5. The van der Waals surface area contributed by atoms with E-state index in [1.807, 2.05) is 20.8 Å². The van der Waals surface area contributed by atoms with Crippen molar-refractivity contribution in [2.75, 3.05) is 27.2 Å². The molecule has 1 aliphatic heterocycles. The van der Waals surface area contributed by atoms with Crippen LogP contribution in [-0.4, -0.2) is 71.5 Å². The molecule has 22 heavy (non-hydrogen) atoms. The van der Waals surface area contributed by atoms with E-state index in [0.29, 0.717) is 25.9 Å². The number of likely N-dealkylation sites (tertiary alicyclic amines) is 1. The van der Waals surface area contributed by atoms with Gasteiger partial charge in [-0.05, 0) is 40.5 Å². The summed E-state index contributed by atoms with van der Waals surface area (Å²) in [6.45, 7) is 8.07. The van der Waals surface area contributed by atoms with Gasteiger partial charge in [0.05, 0.1) is 11.6 Å². The lowest BCUT2D eigenvalue weighted by atomic mass is 9.85. The number of carbonyl (C=O) groups is 2. The Hall–Kier alpha value is -1.50. The molecule has 0 aromatic carbocycles. The van der Waals surface area contributed by atoms with Crippen LogP contribution < -0.4 is 5.32 Å². The maximum atomic E-state index is 12.0. The first kappa shape index (κ1) is 18.5. The van der Waals surface area contributed by atoms with Crippen molar-refractivity contribution in [3.05, 3.63) is 0 Å². The van der Waals surface area contributed by atoms with Crippen LogP contribution in [0.5, 0.6) is 0 Å². The maximum absolute atomic E-state index is 12.0. The van der Waals surface area contributed by atoms with Gasteiger partial charge in [-0.2, -0.15) is 0 Å². The minimum Gasteiger partial charge on any atom is -0.444 e. The van der Waals surface area contributed by atoms with Crippen LogP contribution in [0.2, 0.25) is 0 Å². The van der Waals surface area contributed by atoms with Gasteiger partial charge in [0.15, 0.2) is 0 Å². The van der Waals surface area contributed by atoms with E-state index in [1.54, 1.807) is 25.9 Å². The number of hydrogen-bond donors (Lipinski definition) is 2. The normalized spacial score (nSPS) is 19.3. The number of ether oxygens (including phenoxy) is 1. The molecule has 7 nitrogen and oxygen atoms in total. The second-order valence-corrected chi connectivity index (χ2v) is 7.14. The van der Waals surface area contributed by atoms with Crippen molar-refractivity contribution < 1.29 is 19.4 Å². The smallest absolute Gasteiger partial charge is 0.410 e. The third kappa shape index (κ3) is 5.05. The van der Waals surface area contributed by atoms with Crippen molar-refractivity contribution in [3.8, 4) is 0 Å². The molecule has 0 spiro atoms. The van der Waals surface area contributed by atoms with Gasteiger partial charge in [0.25, 0.3) is 0 Å². The predicted molar refractivity (Wildman–Crippen MR) is 83.7 cm³/mol. The molecule has 1 aliphatic rings. The summed E-state index contributed by atoms with van der Waals surface area (Å²) in [6, 6.07) is -0.626. The minimum absolute atomic E-state index is 0.240. The Balaban J connectivity index is 2.56. The van der Waals surface area contributed by atoms with Crippen LogP contribution in [0, 0.1) is 0 Å². The van der Waals surface area contributed by atoms with Crippen LogP contribution in [0.1, 0.15) is 40.5 Å². The highest BCUT2D eigenvalue weighted by atomic mass is 16.6. The molecule has 1 atom stereocenters. The lowest BCUT2D eigenvalue weighted by molar-refractivity contribution is -0.0489. The molecule has 1 fully saturated rings. The Bertz CT molecular complexity index is 410. The molecule has 1 heterocycles. The first-order valence-electron chi connectivity index (χ1n) is 7.63. The number of carbonyl (C=O) groups excluding carboxylic acids is 2. The van der Waals surface area contributed by atoms with E-state index in [1.165, 1.54) is 4.90 Å². The summed E-state index contributed by atoms with van der Waals surface area (Å²) in [5, 5.41) is 13.5. The molecule has 3 amide bonds. The van der Waals surface area contributed by atoms with Crippen LogP contribution in [0.25, 0.3) is 0 Å². The van der Waals surface area contributed by atoms with Gasteiger partial charge in [0, 0.05) is 27.2 Å². The molecule has 1 unspecified atom stereocenters. The molecule has 0 bridgehead atoms. The lowest BCUT2D eigenvalue weighted by Crippen LogP contribution is -2.58. The fraction of sp³-hybridized carbons (Fsp3) is 0.867. The van der Waals surface area contributed by atoms with Gasteiger partial charge in [0.2, 0.25) is 0 Å². The van der Waals surface area contributed by atoms with Gasteiger partial charge >= 0.3 is 12.1 Å². The van der Waals surface area contributed by atoms with Crippen molar-refractivity contribution in [2.45, 2.75) is 57.8 Å². The summed E-state index contributed by atoms with van der Waals surface area (Å²) in [4.78, 5) is 26.7. The SMILES string of the molecule is CC(NC(=O)N(C)C)C1(O)CCN(C(=O)OC(C)(C)C)CC1. The summed E-state index contributed by atoms with van der Waals surface area (Å²) in [5.41, 5.74) is -1.54. The summed E-state index contributed by atoms with van der Waals surface area (Å²) in [6.07, 6.45) is 0.446. The molecule has 0 aromatic rings. The second kappa shape index (κ2) is 6.73. The van der Waals surface area contributed by atoms with Gasteiger partial charge in [-0.25, -0.2) is 9.59 Å². The Labute approximate surface area is 132 Å². The highest BCUT2D eigenvalue weighted by Crippen LogP contribution is 2.26. The molecule has 2 N–H and O–H groups in total. The number of amides is 3. The molecular formula is C15H29N3O4. The minimum atomic E-state index is -1.01. The molecule has 0 aliphatic carbocycles. The second-order valence-electron chi connectivity index (χ2n) is 7.14. The first-order chi connectivity index (χ1) is 9.94. The number of hydrogen-bond acceptors (Lipinski definition) is 4. The van der Waals surface area contributed by atoms with Crippen molar-refractivity contribution in [2.24, 2.45) is 0 Å². The van der Waals surface area contributed by atoms with Crippen molar-refractivity contribution in [1.29, 1.82) is 0 Å². The summed E-state index contributed by atoms with van der Waals surface area (Å²) >= 11 is 0. The zero-order valence-electron chi connectivity index (χ0n) is 14.5. The first-order valence-corrected chi connectivity index (χ1v) is 7.63. The highest BCUT2D eigenvalue weighted by molar-refractivity contribution is 5.74. The van der Waals surface area contributed by atoms with Gasteiger partial charge in [-0.3, -0.25) is 0 Å². The largest absolute Gasteiger partial charge is 0.444 e. The molecule has 0 saturated carbocycles. The Kier molecular flexibility index (Phi) is 5.67. The van der Waals surface area contributed by atoms with Gasteiger partial charge in [0.1, 0.15) is 5.60 Å². The summed E-state index contributed by atoms with van der Waals surface area (Å²) in [5.74, 6) is 0. The number of nitrogens with one attached hydrogen (secondary N) is 1. The van der Waals surface area contributed by atoms with E-state index in [0.717, 1.165) is 0 Å². The third-order valence-corrected chi connectivity index (χ3v) is 3.83. The molecular weight excluding hydrogens is 286 g/mol. The average molecular weight is 315 g/mol. The summed E-state index contributed by atoms with van der Waals surface area (Å²) < 4.78 is 5.33.